The van der Waals surface area contributed by atoms with E-state index in [0.29, 0.717) is 11.8 Å². The van der Waals surface area contributed by atoms with Gasteiger partial charge in [-0.3, -0.25) is 4.79 Å². The molecular formula is C21H32O4. The Kier molecular flexibility index (Phi) is 4.08. The van der Waals surface area contributed by atoms with Crippen LogP contribution in [0.5, 0.6) is 0 Å². The summed E-state index contributed by atoms with van der Waals surface area (Å²) in [5.41, 5.74) is 1.38. The fourth-order valence-corrected chi connectivity index (χ4v) is 6.98. The summed E-state index contributed by atoms with van der Waals surface area (Å²) in [6.07, 6.45) is 8.08. The van der Waals surface area contributed by atoms with E-state index in [-0.39, 0.29) is 34.9 Å². The molecule has 0 amide bonds. The maximum Gasteiger partial charge on any atom is 0.302 e. The number of fused-ring (bicyclic) bond motifs is 5. The van der Waals surface area contributed by atoms with Crippen LogP contribution >= 0.6 is 0 Å². The number of ether oxygens (including phenoxy) is 1. The summed E-state index contributed by atoms with van der Waals surface area (Å²) in [7, 11) is 0. The van der Waals surface area contributed by atoms with Crippen molar-refractivity contribution in [1.29, 1.82) is 0 Å². The van der Waals surface area contributed by atoms with Gasteiger partial charge in [0.05, 0.1) is 12.2 Å². The number of hydrogen-bond donors (Lipinski definition) is 2. The van der Waals surface area contributed by atoms with Crippen LogP contribution in [-0.4, -0.2) is 34.5 Å². The molecule has 4 aliphatic rings. The lowest BCUT2D eigenvalue weighted by Gasteiger charge is -2.58. The molecule has 0 saturated heterocycles. The first-order valence-corrected chi connectivity index (χ1v) is 10.0. The Morgan fingerprint density at radius 1 is 1.12 bits per heavy atom. The second kappa shape index (κ2) is 5.82. The van der Waals surface area contributed by atoms with Crippen molar-refractivity contribution in [1.82, 2.24) is 0 Å². The van der Waals surface area contributed by atoms with E-state index in [9.17, 15) is 15.0 Å². The van der Waals surface area contributed by atoms with Crippen molar-refractivity contribution in [2.45, 2.75) is 84.0 Å². The van der Waals surface area contributed by atoms with E-state index >= 15 is 0 Å². The number of aliphatic hydroxyl groups is 2. The molecule has 4 heteroatoms. The maximum absolute atomic E-state index is 11.5. The van der Waals surface area contributed by atoms with Crippen molar-refractivity contribution in [3.63, 3.8) is 0 Å². The fourth-order valence-electron chi connectivity index (χ4n) is 6.98. The summed E-state index contributed by atoms with van der Waals surface area (Å²) in [5, 5.41) is 21.1. The third-order valence-electron chi connectivity index (χ3n) is 8.32. The first-order valence-electron chi connectivity index (χ1n) is 10.0. The molecule has 3 fully saturated rings. The van der Waals surface area contributed by atoms with Crippen LogP contribution in [0, 0.1) is 28.6 Å². The van der Waals surface area contributed by atoms with Crippen molar-refractivity contribution in [3.05, 3.63) is 11.6 Å². The number of hydrogen-bond acceptors (Lipinski definition) is 4. The lowest BCUT2D eigenvalue weighted by atomic mass is 9.47. The largest absolute Gasteiger partial charge is 0.462 e. The second-order valence-corrected chi connectivity index (χ2v) is 9.51. The zero-order valence-corrected chi connectivity index (χ0v) is 15.7. The molecule has 140 valence electrons. The Balaban J connectivity index is 1.67. The summed E-state index contributed by atoms with van der Waals surface area (Å²) >= 11 is 0. The monoisotopic (exact) mass is 348 g/mol. The molecule has 0 heterocycles. The quantitative estimate of drug-likeness (QED) is 0.564. The second-order valence-electron chi connectivity index (χ2n) is 9.51. The molecule has 3 saturated carbocycles. The van der Waals surface area contributed by atoms with Gasteiger partial charge in [-0.25, -0.2) is 0 Å². The molecule has 0 aliphatic heterocycles. The number of aliphatic hydroxyl groups excluding tert-OH is 2. The van der Waals surface area contributed by atoms with Crippen LogP contribution in [0.15, 0.2) is 11.6 Å². The van der Waals surface area contributed by atoms with Gasteiger partial charge in [0, 0.05) is 12.3 Å². The lowest BCUT2D eigenvalue weighted by molar-refractivity contribution is -0.159. The third-order valence-corrected chi connectivity index (χ3v) is 8.32. The fraction of sp³-hybridized carbons (Fsp3) is 0.857. The zero-order valence-electron chi connectivity index (χ0n) is 15.7. The van der Waals surface area contributed by atoms with Crippen LogP contribution in [0.4, 0.5) is 0 Å². The van der Waals surface area contributed by atoms with Crippen LogP contribution in [-0.2, 0) is 9.53 Å². The van der Waals surface area contributed by atoms with E-state index < -0.39 is 6.10 Å². The molecule has 0 aromatic heterocycles. The van der Waals surface area contributed by atoms with E-state index in [1.54, 1.807) is 0 Å². The Morgan fingerprint density at radius 3 is 2.60 bits per heavy atom. The van der Waals surface area contributed by atoms with Crippen molar-refractivity contribution in [3.8, 4) is 0 Å². The molecule has 4 nitrogen and oxygen atoms in total. The normalized spacial score (nSPS) is 51.8. The van der Waals surface area contributed by atoms with Crippen LogP contribution in [0.3, 0.4) is 0 Å². The molecule has 0 bridgehead atoms. The number of carbonyl (C=O) groups is 1. The van der Waals surface area contributed by atoms with E-state index in [1.807, 2.05) is 0 Å². The van der Waals surface area contributed by atoms with E-state index in [4.69, 9.17) is 4.74 Å². The Labute approximate surface area is 150 Å². The molecule has 8 atom stereocenters. The van der Waals surface area contributed by atoms with Crippen molar-refractivity contribution < 1.29 is 19.7 Å². The van der Waals surface area contributed by atoms with Gasteiger partial charge >= 0.3 is 5.97 Å². The number of rotatable bonds is 1. The third kappa shape index (κ3) is 2.51. The van der Waals surface area contributed by atoms with E-state index in [2.05, 4.69) is 19.9 Å². The molecule has 3 unspecified atom stereocenters. The van der Waals surface area contributed by atoms with Gasteiger partial charge in [-0.1, -0.05) is 25.5 Å². The highest BCUT2D eigenvalue weighted by Gasteiger charge is 2.61. The van der Waals surface area contributed by atoms with Crippen LogP contribution in [0.1, 0.15) is 65.7 Å². The van der Waals surface area contributed by atoms with Crippen molar-refractivity contribution in [2.24, 2.45) is 28.6 Å². The van der Waals surface area contributed by atoms with Gasteiger partial charge in [0.25, 0.3) is 0 Å². The standard InChI is InChI=1S/C21H32O4/c1-12(22)25-18-5-4-15-19-16(7-9-21(15,18)3)20(2)8-6-14(23)10-13(20)11-17(19)24/h11,14-19,23-24H,4-10H2,1-3H3/t14-,15?,16?,17-,18-,19?,20-,21-/m0/s1. The average Bonchev–Trinajstić information content (AvgIpc) is 2.85. The predicted molar refractivity (Wildman–Crippen MR) is 94.7 cm³/mol. The van der Waals surface area contributed by atoms with Gasteiger partial charge in [0.1, 0.15) is 6.10 Å². The first kappa shape index (κ1) is 17.5. The number of esters is 1. The minimum absolute atomic E-state index is 0.00508. The van der Waals surface area contributed by atoms with Gasteiger partial charge in [0.2, 0.25) is 0 Å². The van der Waals surface area contributed by atoms with Gasteiger partial charge in [-0.15, -0.1) is 0 Å². The van der Waals surface area contributed by atoms with Crippen molar-refractivity contribution in [2.75, 3.05) is 0 Å². The zero-order chi connectivity index (χ0) is 18.0. The molecular weight excluding hydrogens is 316 g/mol. The summed E-state index contributed by atoms with van der Waals surface area (Å²) in [4.78, 5) is 11.5. The number of carbonyl (C=O) groups excluding carboxylic acids is 1. The highest BCUT2D eigenvalue weighted by Crippen LogP contribution is 2.65. The lowest BCUT2D eigenvalue weighted by Crippen LogP contribution is -2.55. The Bertz CT molecular complexity index is 599. The average molecular weight is 348 g/mol. The molecule has 0 spiro atoms. The molecule has 4 aliphatic carbocycles. The smallest absolute Gasteiger partial charge is 0.302 e. The minimum Gasteiger partial charge on any atom is -0.462 e. The van der Waals surface area contributed by atoms with Gasteiger partial charge in [-0.2, -0.15) is 0 Å². The maximum atomic E-state index is 11.5. The molecule has 0 aromatic carbocycles. The van der Waals surface area contributed by atoms with E-state index in [0.717, 1.165) is 44.9 Å². The van der Waals surface area contributed by atoms with Gasteiger partial charge < -0.3 is 14.9 Å². The van der Waals surface area contributed by atoms with Gasteiger partial charge in [0.15, 0.2) is 0 Å². The molecule has 0 radical (unpaired) electrons. The van der Waals surface area contributed by atoms with E-state index in [1.165, 1.54) is 12.5 Å². The van der Waals surface area contributed by atoms with Crippen molar-refractivity contribution >= 4 is 5.97 Å². The highest BCUT2D eigenvalue weighted by molar-refractivity contribution is 5.66. The van der Waals surface area contributed by atoms with Crippen LogP contribution < -0.4 is 0 Å². The summed E-state index contributed by atoms with van der Waals surface area (Å²) < 4.78 is 5.68. The summed E-state index contributed by atoms with van der Waals surface area (Å²) in [6.45, 7) is 6.13. The molecule has 0 aromatic rings. The molecule has 2 N–H and O–H groups in total. The first-order chi connectivity index (χ1) is 11.8. The molecule has 25 heavy (non-hydrogen) atoms. The summed E-state index contributed by atoms with van der Waals surface area (Å²) in [6, 6.07) is 0. The van der Waals surface area contributed by atoms with Gasteiger partial charge in [-0.05, 0) is 68.1 Å². The summed E-state index contributed by atoms with van der Waals surface area (Å²) in [5.74, 6) is 0.952. The van der Waals surface area contributed by atoms with Crippen LogP contribution in [0.2, 0.25) is 0 Å². The topological polar surface area (TPSA) is 66.8 Å². The highest BCUT2D eigenvalue weighted by atomic mass is 16.5. The van der Waals surface area contributed by atoms with Crippen LogP contribution in [0.25, 0.3) is 0 Å². The molecule has 4 rings (SSSR count). The minimum atomic E-state index is -0.431. The Morgan fingerprint density at radius 2 is 1.88 bits per heavy atom. The Hall–Kier alpha value is -0.870. The predicted octanol–water partition coefficient (Wildman–Crippen LogP) is 3.21. The SMILES string of the molecule is CC(=O)O[C@H]1CCC2C3C(CC[C@@]21C)[C@@]1(C)CC[C@H](O)CC1=C[C@@H]3O.